The van der Waals surface area contributed by atoms with Crippen molar-refractivity contribution >= 4 is 18.0 Å². The first-order chi connectivity index (χ1) is 11.6. The topological polar surface area (TPSA) is 145 Å². The van der Waals surface area contributed by atoms with E-state index >= 15 is 0 Å². The zero-order chi connectivity index (χ0) is 19.0. The summed E-state index contributed by atoms with van der Waals surface area (Å²) in [6, 6.07) is -1.46. The molecule has 1 fully saturated rings. The number of carboxylic acids is 1. The zero-order valence-corrected chi connectivity index (χ0v) is 14.8. The van der Waals surface area contributed by atoms with Crippen molar-refractivity contribution in [1.29, 1.82) is 0 Å². The van der Waals surface area contributed by atoms with Crippen LogP contribution in [-0.2, 0) is 14.3 Å². The fraction of sp³-hybridized carbons (Fsp3) is 0.800. The normalized spacial score (nSPS) is 19.9. The summed E-state index contributed by atoms with van der Waals surface area (Å²) in [5, 5.41) is 15.4. The molecule has 0 bridgehead atoms. The van der Waals surface area contributed by atoms with Gasteiger partial charge in [0, 0.05) is 36.9 Å². The maximum atomic E-state index is 12.2. The molecule has 0 aromatic rings. The van der Waals surface area contributed by atoms with Gasteiger partial charge in [0.05, 0.1) is 0 Å². The Hall–Kier alpha value is -2.48. The highest BCUT2D eigenvalue weighted by Crippen LogP contribution is 2.21. The number of likely N-dealkylation sites (tertiary alicyclic amines) is 1. The van der Waals surface area contributed by atoms with Gasteiger partial charge in [-0.05, 0) is 39.1 Å². The van der Waals surface area contributed by atoms with Crippen LogP contribution < -0.4 is 5.32 Å². The highest BCUT2D eigenvalue weighted by atomic mass is 16.6. The number of hydrogen-bond donors (Lipinski definition) is 2. The molecule has 2 amide bonds. The number of aliphatic carboxylic acids is 1. The first-order valence-corrected chi connectivity index (χ1v) is 8.16. The lowest BCUT2D eigenvalue weighted by Gasteiger charge is -2.26. The summed E-state index contributed by atoms with van der Waals surface area (Å²) in [5.74, 6) is -1.35. The Morgan fingerprint density at radius 1 is 1.36 bits per heavy atom. The molecule has 25 heavy (non-hydrogen) atoms. The number of carboxylic acid groups (broad SMARTS) is 1. The molecule has 1 heterocycles. The number of carbonyl (C=O) groups excluding carboxylic acids is 2. The smallest absolute Gasteiger partial charge is 0.411 e. The standard InChI is InChI=1S/C15H25N5O5/c1-15(2,3)25-14(24)20-9-10(8-11(20)13(22)23)18-12(21)6-4-5-7-17-19-16/h10-11H,4-9H2,1-3H3,(H,18,21)(H,22,23). The lowest BCUT2D eigenvalue weighted by Crippen LogP contribution is -2.44. The monoisotopic (exact) mass is 355 g/mol. The second-order valence-electron chi connectivity index (χ2n) is 6.90. The number of azide groups is 1. The van der Waals surface area contributed by atoms with Crippen molar-refractivity contribution in [3.8, 4) is 0 Å². The van der Waals surface area contributed by atoms with Crippen LogP contribution in [0, 0.1) is 0 Å². The van der Waals surface area contributed by atoms with E-state index in [2.05, 4.69) is 15.3 Å². The van der Waals surface area contributed by atoms with E-state index in [-0.39, 0.29) is 25.3 Å². The molecule has 140 valence electrons. The summed E-state index contributed by atoms with van der Waals surface area (Å²) in [7, 11) is 0. The highest BCUT2D eigenvalue weighted by molar-refractivity contribution is 5.82. The van der Waals surface area contributed by atoms with Crippen LogP contribution in [-0.4, -0.2) is 58.8 Å². The molecule has 1 aliphatic heterocycles. The molecular weight excluding hydrogens is 330 g/mol. The molecule has 0 spiro atoms. The number of unbranched alkanes of at least 4 members (excludes halogenated alkanes) is 1. The number of nitrogens with one attached hydrogen (secondary N) is 1. The minimum Gasteiger partial charge on any atom is -0.480 e. The molecule has 2 N–H and O–H groups in total. The third-order valence-corrected chi connectivity index (χ3v) is 3.55. The van der Waals surface area contributed by atoms with Crippen LogP contribution in [0.25, 0.3) is 10.4 Å². The molecule has 0 radical (unpaired) electrons. The Balaban J connectivity index is 2.54. The maximum Gasteiger partial charge on any atom is 0.411 e. The van der Waals surface area contributed by atoms with Gasteiger partial charge < -0.3 is 15.2 Å². The van der Waals surface area contributed by atoms with Gasteiger partial charge in [0.15, 0.2) is 0 Å². The quantitative estimate of drug-likeness (QED) is 0.311. The minimum absolute atomic E-state index is 0.0936. The Kier molecular flexibility index (Phi) is 7.50. The van der Waals surface area contributed by atoms with Crippen LogP contribution in [0.4, 0.5) is 4.79 Å². The molecule has 1 saturated heterocycles. The second kappa shape index (κ2) is 9.12. The zero-order valence-electron chi connectivity index (χ0n) is 14.8. The fourth-order valence-corrected chi connectivity index (χ4v) is 2.51. The van der Waals surface area contributed by atoms with Crippen LogP contribution in [0.5, 0.6) is 0 Å². The summed E-state index contributed by atoms with van der Waals surface area (Å²) in [6.07, 6.45) is 0.853. The molecule has 10 heteroatoms. The van der Waals surface area contributed by atoms with E-state index in [4.69, 9.17) is 10.3 Å². The van der Waals surface area contributed by atoms with Crippen molar-refractivity contribution < 1.29 is 24.2 Å². The highest BCUT2D eigenvalue weighted by Gasteiger charge is 2.41. The molecule has 0 aromatic heterocycles. The van der Waals surface area contributed by atoms with Gasteiger partial charge in [-0.3, -0.25) is 9.69 Å². The van der Waals surface area contributed by atoms with Crippen LogP contribution in [0.15, 0.2) is 5.11 Å². The molecule has 10 nitrogen and oxygen atoms in total. The predicted molar refractivity (Wildman–Crippen MR) is 88.8 cm³/mol. The van der Waals surface area contributed by atoms with Gasteiger partial charge >= 0.3 is 12.1 Å². The van der Waals surface area contributed by atoms with E-state index in [1.165, 1.54) is 0 Å². The van der Waals surface area contributed by atoms with E-state index in [0.29, 0.717) is 19.4 Å². The summed E-state index contributed by atoms with van der Waals surface area (Å²) < 4.78 is 5.23. The third-order valence-electron chi connectivity index (χ3n) is 3.55. The van der Waals surface area contributed by atoms with Crippen molar-refractivity contribution in [3.05, 3.63) is 10.4 Å². The van der Waals surface area contributed by atoms with Crippen LogP contribution in [0.1, 0.15) is 46.5 Å². The lowest BCUT2D eigenvalue weighted by atomic mass is 10.1. The van der Waals surface area contributed by atoms with Crippen molar-refractivity contribution in [2.24, 2.45) is 5.11 Å². The summed E-state index contributed by atoms with van der Waals surface area (Å²) in [5.41, 5.74) is 7.43. The number of carbonyl (C=O) groups is 3. The Labute approximate surface area is 146 Å². The molecule has 1 rings (SSSR count). The Morgan fingerprint density at radius 2 is 2.04 bits per heavy atom. The van der Waals surface area contributed by atoms with Crippen LogP contribution >= 0.6 is 0 Å². The van der Waals surface area contributed by atoms with Crippen molar-refractivity contribution in [2.45, 2.75) is 64.1 Å². The van der Waals surface area contributed by atoms with Crippen molar-refractivity contribution in [1.82, 2.24) is 10.2 Å². The largest absolute Gasteiger partial charge is 0.480 e. The first kappa shape index (κ1) is 20.6. The van der Waals surface area contributed by atoms with Crippen molar-refractivity contribution in [2.75, 3.05) is 13.1 Å². The van der Waals surface area contributed by atoms with Gasteiger partial charge in [0.25, 0.3) is 0 Å². The Morgan fingerprint density at radius 3 is 2.60 bits per heavy atom. The minimum atomic E-state index is -1.13. The molecule has 0 saturated carbocycles. The summed E-state index contributed by atoms with van der Waals surface area (Å²) in [4.78, 5) is 39.2. The van der Waals surface area contributed by atoms with Gasteiger partial charge in [-0.2, -0.15) is 0 Å². The molecular formula is C15H25N5O5. The van der Waals surface area contributed by atoms with Gasteiger partial charge in [0.1, 0.15) is 11.6 Å². The van der Waals surface area contributed by atoms with E-state index in [0.717, 1.165) is 4.90 Å². The number of amides is 2. The summed E-state index contributed by atoms with van der Waals surface area (Å²) >= 11 is 0. The van der Waals surface area contributed by atoms with Gasteiger partial charge in [0.2, 0.25) is 5.91 Å². The molecule has 2 atom stereocenters. The van der Waals surface area contributed by atoms with E-state index in [1.807, 2.05) is 0 Å². The van der Waals surface area contributed by atoms with Gasteiger partial charge in [-0.1, -0.05) is 5.11 Å². The molecule has 0 aromatic carbocycles. The van der Waals surface area contributed by atoms with E-state index in [1.54, 1.807) is 20.8 Å². The third kappa shape index (κ3) is 7.30. The SMILES string of the molecule is CC(C)(C)OC(=O)N1CC(NC(=O)CCCCN=[N+]=[N-])CC1C(=O)O. The lowest BCUT2D eigenvalue weighted by molar-refractivity contribution is -0.142. The number of hydrogen-bond acceptors (Lipinski definition) is 5. The Bertz CT molecular complexity index is 553. The van der Waals surface area contributed by atoms with E-state index in [9.17, 15) is 19.5 Å². The van der Waals surface area contributed by atoms with Gasteiger partial charge in [-0.15, -0.1) is 0 Å². The average molecular weight is 355 g/mol. The second-order valence-corrected chi connectivity index (χ2v) is 6.90. The van der Waals surface area contributed by atoms with Crippen LogP contribution in [0.3, 0.4) is 0 Å². The number of rotatable bonds is 7. The predicted octanol–water partition coefficient (Wildman–Crippen LogP) is 2.05. The van der Waals surface area contributed by atoms with E-state index < -0.39 is 29.7 Å². The fourth-order valence-electron chi connectivity index (χ4n) is 2.51. The van der Waals surface area contributed by atoms with Gasteiger partial charge in [-0.25, -0.2) is 9.59 Å². The molecule has 2 unspecified atom stereocenters. The molecule has 0 aliphatic carbocycles. The number of nitrogens with zero attached hydrogens (tertiary/aromatic N) is 4. The number of ether oxygens (including phenoxy) is 1. The molecule has 1 aliphatic rings. The maximum absolute atomic E-state index is 12.2. The van der Waals surface area contributed by atoms with Crippen molar-refractivity contribution in [3.63, 3.8) is 0 Å². The average Bonchev–Trinajstić information content (AvgIpc) is 2.89. The van der Waals surface area contributed by atoms with Crippen LogP contribution in [0.2, 0.25) is 0 Å². The summed E-state index contributed by atoms with van der Waals surface area (Å²) in [6.45, 7) is 5.53. The first-order valence-electron chi connectivity index (χ1n) is 8.16.